The Balaban J connectivity index is 1.65. The van der Waals surface area contributed by atoms with Gasteiger partial charge in [0.1, 0.15) is 6.10 Å². The number of nitrogens with zero attached hydrogens (tertiary/aromatic N) is 3. The third-order valence-corrected chi connectivity index (χ3v) is 5.11. The van der Waals surface area contributed by atoms with E-state index in [4.69, 9.17) is 9.47 Å². The summed E-state index contributed by atoms with van der Waals surface area (Å²) in [5.74, 6) is 0. The highest BCUT2D eigenvalue weighted by Gasteiger charge is 2.51. The summed E-state index contributed by atoms with van der Waals surface area (Å²) in [6.07, 6.45) is 1.06. The van der Waals surface area contributed by atoms with Crippen LogP contribution in [0, 0.1) is 0 Å². The zero-order chi connectivity index (χ0) is 17.3. The van der Waals surface area contributed by atoms with E-state index >= 15 is 0 Å². The van der Waals surface area contributed by atoms with E-state index in [-0.39, 0.29) is 24.5 Å². The van der Waals surface area contributed by atoms with Crippen molar-refractivity contribution in [3.05, 3.63) is 24.0 Å². The molecule has 7 nitrogen and oxygen atoms in total. The highest BCUT2D eigenvalue weighted by molar-refractivity contribution is 5.08. The molecule has 3 rings (SSSR count). The Morgan fingerprint density at radius 3 is 2.79 bits per heavy atom. The molecule has 2 bridgehead atoms. The van der Waals surface area contributed by atoms with Crippen LogP contribution in [0.3, 0.4) is 0 Å². The number of rotatable bonds is 7. The van der Waals surface area contributed by atoms with E-state index in [2.05, 4.69) is 25.8 Å². The lowest BCUT2D eigenvalue weighted by Crippen LogP contribution is -2.64. The molecular formula is C17H30N4O3. The minimum absolute atomic E-state index is 0.0937. The first-order chi connectivity index (χ1) is 11.5. The second-order valence-corrected chi connectivity index (χ2v) is 7.16. The Hall–Kier alpha value is -0.960. The van der Waals surface area contributed by atoms with Gasteiger partial charge in [0.2, 0.25) is 0 Å². The van der Waals surface area contributed by atoms with Gasteiger partial charge < -0.3 is 29.4 Å². The number of likely N-dealkylation sites (N-methyl/N-ethyl adjacent to an activating group) is 2. The number of aryl methyl sites for hydroxylation is 1. The monoisotopic (exact) mass is 338 g/mol. The number of aliphatic hydroxyl groups excluding tert-OH is 1. The molecule has 2 aliphatic heterocycles. The van der Waals surface area contributed by atoms with E-state index in [1.54, 1.807) is 0 Å². The Labute approximate surface area is 144 Å². The van der Waals surface area contributed by atoms with Gasteiger partial charge in [0.15, 0.2) is 6.29 Å². The fraction of sp³-hybridized carbons (Fsp3) is 0.765. The van der Waals surface area contributed by atoms with Gasteiger partial charge in [-0.15, -0.1) is 0 Å². The summed E-state index contributed by atoms with van der Waals surface area (Å²) < 4.78 is 13.9. The third-order valence-electron chi connectivity index (χ3n) is 5.11. The molecule has 2 aliphatic rings. The van der Waals surface area contributed by atoms with Crippen LogP contribution in [-0.4, -0.2) is 90.9 Å². The maximum atomic E-state index is 11.0. The van der Waals surface area contributed by atoms with Gasteiger partial charge in [-0.25, -0.2) is 0 Å². The zero-order valence-electron chi connectivity index (χ0n) is 15.1. The molecule has 2 saturated heterocycles. The largest absolute Gasteiger partial charge is 0.390 e. The number of hydrogen-bond acceptors (Lipinski definition) is 6. The van der Waals surface area contributed by atoms with Crippen molar-refractivity contribution >= 4 is 0 Å². The fourth-order valence-electron chi connectivity index (χ4n) is 3.53. The van der Waals surface area contributed by atoms with Crippen molar-refractivity contribution in [1.82, 2.24) is 19.7 Å². The molecule has 0 radical (unpaired) electrons. The smallest absolute Gasteiger partial charge is 0.176 e. The maximum Gasteiger partial charge on any atom is 0.176 e. The molecule has 1 aromatic heterocycles. The standard InChI is InChI=1S/C17H30N4O3/c1-19(2)8-9-21(4)15-16(22)14(13-11-23-17(15)24-13)18-10-12-6-5-7-20(12)3/h5-7,13-18,22H,8-11H2,1-4H3. The van der Waals surface area contributed by atoms with Crippen LogP contribution in [0.4, 0.5) is 0 Å². The number of aromatic nitrogens is 1. The highest BCUT2D eigenvalue weighted by Crippen LogP contribution is 2.31. The van der Waals surface area contributed by atoms with Crippen molar-refractivity contribution in [3.8, 4) is 0 Å². The van der Waals surface area contributed by atoms with Gasteiger partial charge in [0, 0.05) is 38.6 Å². The topological polar surface area (TPSA) is 62.1 Å². The number of aliphatic hydroxyl groups is 1. The first-order valence-corrected chi connectivity index (χ1v) is 8.61. The maximum absolute atomic E-state index is 11.0. The van der Waals surface area contributed by atoms with Crippen molar-refractivity contribution in [3.63, 3.8) is 0 Å². The van der Waals surface area contributed by atoms with E-state index in [1.807, 2.05) is 40.5 Å². The van der Waals surface area contributed by atoms with Crippen molar-refractivity contribution in [2.75, 3.05) is 40.8 Å². The van der Waals surface area contributed by atoms with Crippen LogP contribution in [0.15, 0.2) is 18.3 Å². The summed E-state index contributed by atoms with van der Waals surface area (Å²) in [7, 11) is 8.15. The van der Waals surface area contributed by atoms with E-state index in [9.17, 15) is 5.11 Å². The normalized spacial score (nSPS) is 32.9. The van der Waals surface area contributed by atoms with Crippen LogP contribution in [0.5, 0.6) is 0 Å². The molecule has 1 aromatic rings. The number of hydrogen-bond donors (Lipinski definition) is 2. The molecule has 0 aromatic carbocycles. The van der Waals surface area contributed by atoms with Crippen LogP contribution in [0.1, 0.15) is 5.69 Å². The molecule has 0 spiro atoms. The summed E-state index contributed by atoms with van der Waals surface area (Å²) in [5, 5.41) is 14.4. The third kappa shape index (κ3) is 3.66. The van der Waals surface area contributed by atoms with E-state index < -0.39 is 6.10 Å². The Kier molecular flexibility index (Phi) is 5.59. The molecular weight excluding hydrogens is 308 g/mol. The van der Waals surface area contributed by atoms with E-state index in [0.717, 1.165) is 13.1 Å². The molecule has 2 fully saturated rings. The molecule has 24 heavy (non-hydrogen) atoms. The zero-order valence-corrected chi connectivity index (χ0v) is 15.1. The Bertz CT molecular complexity index is 536. The molecule has 2 N–H and O–H groups in total. The predicted octanol–water partition coefficient (Wildman–Crippen LogP) is -0.539. The lowest BCUT2D eigenvalue weighted by atomic mass is 9.95. The van der Waals surface area contributed by atoms with Crippen molar-refractivity contribution in [1.29, 1.82) is 0 Å². The predicted molar refractivity (Wildman–Crippen MR) is 91.6 cm³/mol. The lowest BCUT2D eigenvalue weighted by molar-refractivity contribution is -0.179. The lowest BCUT2D eigenvalue weighted by Gasteiger charge is -2.43. The van der Waals surface area contributed by atoms with Crippen LogP contribution < -0.4 is 5.32 Å². The molecule has 0 amide bonds. The van der Waals surface area contributed by atoms with Crippen LogP contribution in [0.2, 0.25) is 0 Å². The van der Waals surface area contributed by atoms with Gasteiger partial charge >= 0.3 is 0 Å². The first-order valence-electron chi connectivity index (χ1n) is 8.61. The molecule has 0 aliphatic carbocycles. The van der Waals surface area contributed by atoms with Gasteiger partial charge in [-0.3, -0.25) is 4.90 Å². The van der Waals surface area contributed by atoms with Gasteiger partial charge in [0.25, 0.3) is 0 Å². The van der Waals surface area contributed by atoms with E-state index in [1.165, 1.54) is 5.69 Å². The molecule has 3 heterocycles. The average Bonchev–Trinajstić information content (AvgIpc) is 3.13. The van der Waals surface area contributed by atoms with Crippen LogP contribution >= 0.6 is 0 Å². The van der Waals surface area contributed by atoms with Gasteiger partial charge in [-0.2, -0.15) is 0 Å². The fourth-order valence-corrected chi connectivity index (χ4v) is 3.53. The van der Waals surface area contributed by atoms with Crippen molar-refractivity contribution < 1.29 is 14.6 Å². The quantitative estimate of drug-likeness (QED) is 0.696. The molecule has 136 valence electrons. The SMILES string of the molecule is CN(C)CCN(C)C1C2OCC(O2)C(NCc2cccn2C)C1O. The number of fused-ring (bicyclic) bond motifs is 2. The van der Waals surface area contributed by atoms with Crippen LogP contribution in [0.25, 0.3) is 0 Å². The van der Waals surface area contributed by atoms with E-state index in [0.29, 0.717) is 13.2 Å². The first kappa shape index (κ1) is 17.8. The number of nitrogens with one attached hydrogen (secondary N) is 1. The summed E-state index contributed by atoms with van der Waals surface area (Å²) >= 11 is 0. The molecule has 5 unspecified atom stereocenters. The summed E-state index contributed by atoms with van der Waals surface area (Å²) in [6.45, 7) is 3.01. The van der Waals surface area contributed by atoms with Crippen molar-refractivity contribution in [2.45, 2.75) is 37.1 Å². The van der Waals surface area contributed by atoms with Crippen molar-refractivity contribution in [2.24, 2.45) is 7.05 Å². The summed E-state index contributed by atoms with van der Waals surface area (Å²) in [6, 6.07) is 3.81. The average molecular weight is 338 g/mol. The van der Waals surface area contributed by atoms with Gasteiger partial charge in [0.05, 0.1) is 24.8 Å². The number of ether oxygens (including phenoxy) is 2. The Morgan fingerprint density at radius 1 is 1.33 bits per heavy atom. The van der Waals surface area contributed by atoms with Gasteiger partial charge in [-0.05, 0) is 33.3 Å². The molecule has 5 atom stereocenters. The highest BCUT2D eigenvalue weighted by atomic mass is 16.7. The molecule has 7 heteroatoms. The summed E-state index contributed by atoms with van der Waals surface area (Å²) in [4.78, 5) is 4.28. The van der Waals surface area contributed by atoms with Gasteiger partial charge in [-0.1, -0.05) is 0 Å². The second kappa shape index (κ2) is 7.51. The Morgan fingerprint density at radius 2 is 2.12 bits per heavy atom. The molecule has 0 saturated carbocycles. The second-order valence-electron chi connectivity index (χ2n) is 7.16. The van der Waals surface area contributed by atoms with Crippen LogP contribution in [-0.2, 0) is 23.1 Å². The minimum atomic E-state index is -0.524. The minimum Gasteiger partial charge on any atom is -0.390 e. The summed E-state index contributed by atoms with van der Waals surface area (Å²) in [5.41, 5.74) is 1.18.